The quantitative estimate of drug-likeness (QED) is 0.739. The molecule has 0 saturated heterocycles. The smallest absolute Gasteiger partial charge is 0.122 e. The molecule has 0 aliphatic carbocycles. The van der Waals surface area contributed by atoms with Gasteiger partial charge in [0.1, 0.15) is 5.75 Å². The summed E-state index contributed by atoms with van der Waals surface area (Å²) in [5.74, 6) is 1.09. The molecule has 0 spiro atoms. The van der Waals surface area contributed by atoms with E-state index in [1.54, 1.807) is 0 Å². The summed E-state index contributed by atoms with van der Waals surface area (Å²) in [6.07, 6.45) is 6.23. The summed E-state index contributed by atoms with van der Waals surface area (Å²) >= 11 is 0. The van der Waals surface area contributed by atoms with E-state index in [-0.39, 0.29) is 0 Å². The summed E-state index contributed by atoms with van der Waals surface area (Å²) < 4.78 is 5.57. The predicted molar refractivity (Wildman–Crippen MR) is 76.2 cm³/mol. The molecule has 1 aromatic carbocycles. The average Bonchev–Trinajstić information content (AvgIpc) is 2.85. The van der Waals surface area contributed by atoms with Crippen LogP contribution >= 0.6 is 0 Å². The molecule has 1 atom stereocenters. The molecule has 2 rings (SSSR count). The minimum Gasteiger partial charge on any atom is -0.493 e. The maximum absolute atomic E-state index is 5.57. The summed E-state index contributed by atoms with van der Waals surface area (Å²) in [7, 11) is 0. The second-order valence-corrected chi connectivity index (χ2v) is 5.07. The van der Waals surface area contributed by atoms with Crippen molar-refractivity contribution in [2.45, 2.75) is 52.0 Å². The van der Waals surface area contributed by atoms with Gasteiger partial charge in [-0.15, -0.1) is 0 Å². The molecule has 0 saturated carbocycles. The molecule has 1 aliphatic rings. The molecule has 1 N–H and O–H groups in total. The van der Waals surface area contributed by atoms with E-state index >= 15 is 0 Å². The van der Waals surface area contributed by atoms with Gasteiger partial charge in [0.2, 0.25) is 0 Å². The summed E-state index contributed by atoms with van der Waals surface area (Å²) in [5, 5.41) is 3.61. The van der Waals surface area contributed by atoms with Gasteiger partial charge < -0.3 is 10.1 Å². The molecule has 100 valence electrons. The van der Waals surface area contributed by atoms with Crippen molar-refractivity contribution in [3.8, 4) is 5.75 Å². The predicted octanol–water partition coefficient (Wildman–Crippen LogP) is 3.85. The van der Waals surface area contributed by atoms with Crippen molar-refractivity contribution in [1.29, 1.82) is 0 Å². The Hall–Kier alpha value is -1.02. The lowest BCUT2D eigenvalue weighted by molar-refractivity contribution is 0.356. The minimum absolute atomic E-state index is 0.507. The highest BCUT2D eigenvalue weighted by molar-refractivity contribution is 5.40. The minimum atomic E-state index is 0.507. The van der Waals surface area contributed by atoms with Gasteiger partial charge in [0.25, 0.3) is 0 Å². The van der Waals surface area contributed by atoms with Crippen molar-refractivity contribution in [3.05, 3.63) is 29.3 Å². The standard InChI is InChI=1S/C16H25NO/c1-3-5-6-7-15(17-4-2)13-8-9-16-14(12-13)10-11-18-16/h8-9,12,15,17H,3-7,10-11H2,1-2H3. The molecular formula is C16H25NO. The van der Waals surface area contributed by atoms with Gasteiger partial charge in [-0.2, -0.15) is 0 Å². The highest BCUT2D eigenvalue weighted by atomic mass is 16.5. The molecule has 0 bridgehead atoms. The maximum atomic E-state index is 5.57. The number of hydrogen-bond acceptors (Lipinski definition) is 2. The Labute approximate surface area is 111 Å². The van der Waals surface area contributed by atoms with Gasteiger partial charge in [0.15, 0.2) is 0 Å². The Kier molecular flexibility index (Phi) is 5.06. The number of nitrogens with one attached hydrogen (secondary N) is 1. The van der Waals surface area contributed by atoms with Crippen molar-refractivity contribution < 1.29 is 4.74 Å². The average molecular weight is 247 g/mol. The van der Waals surface area contributed by atoms with E-state index in [4.69, 9.17) is 4.74 Å². The van der Waals surface area contributed by atoms with E-state index in [0.29, 0.717) is 6.04 Å². The van der Waals surface area contributed by atoms with Crippen LogP contribution in [0.2, 0.25) is 0 Å². The van der Waals surface area contributed by atoms with Crippen LogP contribution in [0.3, 0.4) is 0 Å². The van der Waals surface area contributed by atoms with E-state index in [9.17, 15) is 0 Å². The first-order valence-electron chi connectivity index (χ1n) is 7.34. The van der Waals surface area contributed by atoms with Crippen LogP contribution in [0, 0.1) is 0 Å². The van der Waals surface area contributed by atoms with Crippen LogP contribution in [0.5, 0.6) is 5.75 Å². The number of unbranched alkanes of at least 4 members (excludes halogenated alkanes) is 2. The van der Waals surface area contributed by atoms with Crippen molar-refractivity contribution >= 4 is 0 Å². The lowest BCUT2D eigenvalue weighted by Gasteiger charge is -2.19. The Morgan fingerprint density at radius 3 is 2.94 bits per heavy atom. The maximum Gasteiger partial charge on any atom is 0.122 e. The monoisotopic (exact) mass is 247 g/mol. The molecule has 0 fully saturated rings. The van der Waals surface area contributed by atoms with Crippen LogP contribution in [0.15, 0.2) is 18.2 Å². The molecule has 1 heterocycles. The second kappa shape index (κ2) is 6.79. The van der Waals surface area contributed by atoms with Gasteiger partial charge in [-0.05, 0) is 30.2 Å². The molecule has 2 nitrogen and oxygen atoms in total. The van der Waals surface area contributed by atoms with E-state index in [1.807, 2.05) is 0 Å². The largest absolute Gasteiger partial charge is 0.493 e. The molecule has 1 aromatic rings. The molecular weight excluding hydrogens is 222 g/mol. The topological polar surface area (TPSA) is 21.3 Å². The second-order valence-electron chi connectivity index (χ2n) is 5.07. The van der Waals surface area contributed by atoms with Crippen LogP contribution in [-0.2, 0) is 6.42 Å². The molecule has 18 heavy (non-hydrogen) atoms. The van der Waals surface area contributed by atoms with Crippen molar-refractivity contribution in [1.82, 2.24) is 5.32 Å². The highest BCUT2D eigenvalue weighted by Crippen LogP contribution is 2.29. The zero-order valence-electron chi connectivity index (χ0n) is 11.7. The fourth-order valence-corrected chi connectivity index (χ4v) is 2.65. The van der Waals surface area contributed by atoms with Gasteiger partial charge in [-0.1, -0.05) is 45.2 Å². The van der Waals surface area contributed by atoms with Crippen LogP contribution in [0.25, 0.3) is 0 Å². The van der Waals surface area contributed by atoms with Crippen LogP contribution < -0.4 is 10.1 Å². The van der Waals surface area contributed by atoms with Gasteiger partial charge in [0.05, 0.1) is 6.61 Å². The summed E-state index contributed by atoms with van der Waals surface area (Å²) in [6, 6.07) is 7.21. The van der Waals surface area contributed by atoms with E-state index < -0.39 is 0 Å². The van der Waals surface area contributed by atoms with Crippen molar-refractivity contribution in [3.63, 3.8) is 0 Å². The first-order chi connectivity index (χ1) is 8.85. The Bertz CT molecular complexity index is 375. The third-order valence-corrected chi connectivity index (χ3v) is 3.66. The van der Waals surface area contributed by atoms with Crippen LogP contribution in [0.1, 0.15) is 56.7 Å². The fraction of sp³-hybridized carbons (Fsp3) is 0.625. The third kappa shape index (κ3) is 3.26. The summed E-state index contributed by atoms with van der Waals surface area (Å²) in [6.45, 7) is 6.32. The fourth-order valence-electron chi connectivity index (χ4n) is 2.65. The number of hydrogen-bond donors (Lipinski definition) is 1. The Morgan fingerprint density at radius 2 is 2.17 bits per heavy atom. The highest BCUT2D eigenvalue weighted by Gasteiger charge is 2.16. The van der Waals surface area contributed by atoms with Crippen LogP contribution in [-0.4, -0.2) is 13.2 Å². The number of fused-ring (bicyclic) bond motifs is 1. The number of ether oxygens (including phenoxy) is 1. The van der Waals surface area contributed by atoms with Crippen molar-refractivity contribution in [2.24, 2.45) is 0 Å². The van der Waals surface area contributed by atoms with Gasteiger partial charge in [-0.25, -0.2) is 0 Å². The molecule has 2 heteroatoms. The zero-order valence-corrected chi connectivity index (χ0v) is 11.7. The van der Waals surface area contributed by atoms with Gasteiger partial charge >= 0.3 is 0 Å². The molecule has 0 amide bonds. The molecule has 0 aromatic heterocycles. The molecule has 0 radical (unpaired) electrons. The van der Waals surface area contributed by atoms with Gasteiger partial charge in [0, 0.05) is 12.5 Å². The number of benzene rings is 1. The lowest BCUT2D eigenvalue weighted by atomic mass is 9.98. The zero-order chi connectivity index (χ0) is 12.8. The SMILES string of the molecule is CCCCCC(NCC)c1ccc2c(c1)CCO2. The van der Waals surface area contributed by atoms with Crippen molar-refractivity contribution in [2.75, 3.05) is 13.2 Å². The van der Waals surface area contributed by atoms with Gasteiger partial charge in [-0.3, -0.25) is 0 Å². The Balaban J connectivity index is 2.04. The van der Waals surface area contributed by atoms with Crippen LogP contribution in [0.4, 0.5) is 0 Å². The molecule has 1 aliphatic heterocycles. The van der Waals surface area contributed by atoms with E-state index in [2.05, 4.69) is 37.4 Å². The molecule has 1 unspecified atom stereocenters. The lowest BCUT2D eigenvalue weighted by Crippen LogP contribution is -2.20. The van der Waals surface area contributed by atoms with E-state index in [1.165, 1.54) is 36.8 Å². The first kappa shape index (κ1) is 13.4. The normalized spacial score (nSPS) is 15.2. The summed E-state index contributed by atoms with van der Waals surface area (Å²) in [5.41, 5.74) is 2.81. The number of rotatable bonds is 7. The first-order valence-corrected chi connectivity index (χ1v) is 7.34. The Morgan fingerprint density at radius 1 is 1.28 bits per heavy atom. The summed E-state index contributed by atoms with van der Waals surface area (Å²) in [4.78, 5) is 0. The third-order valence-electron chi connectivity index (χ3n) is 3.66. The van der Waals surface area contributed by atoms with E-state index in [0.717, 1.165) is 25.3 Å².